The zero-order chi connectivity index (χ0) is 14.0. The van der Waals surface area contributed by atoms with E-state index in [-0.39, 0.29) is 23.6 Å². The Morgan fingerprint density at radius 3 is 2.89 bits per heavy atom. The normalized spacial score (nSPS) is 25.3. The molecule has 19 heavy (non-hydrogen) atoms. The van der Waals surface area contributed by atoms with Crippen molar-refractivity contribution in [2.75, 3.05) is 18.1 Å². The summed E-state index contributed by atoms with van der Waals surface area (Å²) < 4.78 is 23.3. The highest BCUT2D eigenvalue weighted by Crippen LogP contribution is 2.31. The monoisotopic (exact) mass is 322 g/mol. The first-order chi connectivity index (χ1) is 8.96. The quantitative estimate of drug-likeness (QED) is 0.799. The molecule has 0 bridgehead atoms. The fourth-order valence-corrected chi connectivity index (χ4v) is 5.39. The molecule has 108 valence electrons. The molecule has 0 amide bonds. The van der Waals surface area contributed by atoms with Crippen LogP contribution in [0.5, 0.6) is 0 Å². The van der Waals surface area contributed by atoms with E-state index in [1.165, 1.54) is 0 Å². The first-order valence-corrected chi connectivity index (χ1v) is 9.67. The van der Waals surface area contributed by atoms with Gasteiger partial charge in [0.2, 0.25) is 0 Å². The average molecular weight is 323 g/mol. The minimum atomic E-state index is -2.87. The van der Waals surface area contributed by atoms with Crippen LogP contribution in [0.15, 0.2) is 5.38 Å². The number of nitrogens with zero attached hydrogens (tertiary/aromatic N) is 2. The van der Waals surface area contributed by atoms with Crippen LogP contribution < -0.4 is 0 Å². The predicted molar refractivity (Wildman–Crippen MR) is 79.5 cm³/mol. The third-order valence-corrected chi connectivity index (χ3v) is 6.56. The molecule has 2 rings (SSSR count). The summed E-state index contributed by atoms with van der Waals surface area (Å²) in [4.78, 5) is 6.80. The van der Waals surface area contributed by atoms with Gasteiger partial charge in [-0.1, -0.05) is 6.92 Å². The van der Waals surface area contributed by atoms with E-state index < -0.39 is 9.84 Å². The molecule has 2 heterocycles. The lowest BCUT2D eigenvalue weighted by atomic mass is 10.1. The van der Waals surface area contributed by atoms with Gasteiger partial charge in [-0.15, -0.1) is 22.9 Å². The van der Waals surface area contributed by atoms with E-state index >= 15 is 0 Å². The maximum atomic E-state index is 11.6. The van der Waals surface area contributed by atoms with E-state index in [0.717, 1.165) is 17.1 Å². The summed E-state index contributed by atoms with van der Waals surface area (Å²) in [5.74, 6) is 0.926. The van der Waals surface area contributed by atoms with Crippen molar-refractivity contribution in [3.05, 3.63) is 16.1 Å². The van der Waals surface area contributed by atoms with Gasteiger partial charge in [0.05, 0.1) is 29.1 Å². The number of hydrogen-bond acceptors (Lipinski definition) is 5. The van der Waals surface area contributed by atoms with Crippen LogP contribution in [0.4, 0.5) is 0 Å². The highest BCUT2D eigenvalue weighted by Gasteiger charge is 2.33. The molecule has 1 saturated heterocycles. The molecule has 2 atom stereocenters. The van der Waals surface area contributed by atoms with Crippen molar-refractivity contribution in [1.29, 1.82) is 0 Å². The topological polar surface area (TPSA) is 50.3 Å². The van der Waals surface area contributed by atoms with E-state index in [4.69, 9.17) is 11.6 Å². The Balaban J connectivity index is 2.18. The highest BCUT2D eigenvalue weighted by molar-refractivity contribution is 7.91. The van der Waals surface area contributed by atoms with Crippen LogP contribution in [0.2, 0.25) is 0 Å². The van der Waals surface area contributed by atoms with Gasteiger partial charge in [0, 0.05) is 18.0 Å². The Hall–Kier alpha value is -0.170. The average Bonchev–Trinajstić information content (AvgIpc) is 2.80. The van der Waals surface area contributed by atoms with Gasteiger partial charge in [-0.2, -0.15) is 0 Å². The van der Waals surface area contributed by atoms with E-state index in [9.17, 15) is 8.42 Å². The van der Waals surface area contributed by atoms with Crippen LogP contribution in [0.1, 0.15) is 37.0 Å². The lowest BCUT2D eigenvalue weighted by molar-refractivity contribution is 0.153. The number of thiazole rings is 1. The second-order valence-corrected chi connectivity index (χ2v) is 8.32. The first kappa shape index (κ1) is 15.2. The Labute approximate surface area is 123 Å². The Morgan fingerprint density at radius 1 is 1.63 bits per heavy atom. The Kier molecular flexibility index (Phi) is 4.87. The summed E-state index contributed by atoms with van der Waals surface area (Å²) in [5.41, 5.74) is 0.900. The maximum Gasteiger partial charge on any atom is 0.153 e. The number of sulfone groups is 1. The molecule has 0 radical (unpaired) electrons. The van der Waals surface area contributed by atoms with E-state index in [1.54, 1.807) is 11.3 Å². The number of halogens is 1. The summed E-state index contributed by atoms with van der Waals surface area (Å²) in [6.07, 6.45) is 0.930. The van der Waals surface area contributed by atoms with Crippen molar-refractivity contribution in [3.63, 3.8) is 0 Å². The zero-order valence-electron chi connectivity index (χ0n) is 11.2. The molecule has 0 N–H and O–H groups in total. The highest BCUT2D eigenvalue weighted by atomic mass is 35.5. The first-order valence-electron chi connectivity index (χ1n) is 6.43. The molecule has 0 aliphatic carbocycles. The standard InChI is InChI=1S/C12H19ClN2O2S2/c1-3-11(12-14-10(6-13)7-18-12)15-4-5-19(16,17)8-9(15)2/h7,9,11H,3-6,8H2,1-2H3. The fourth-order valence-electron chi connectivity index (χ4n) is 2.56. The van der Waals surface area contributed by atoms with Crippen molar-refractivity contribution in [1.82, 2.24) is 9.88 Å². The van der Waals surface area contributed by atoms with E-state index in [1.807, 2.05) is 12.3 Å². The minimum absolute atomic E-state index is 0.0482. The van der Waals surface area contributed by atoms with Crippen LogP contribution in [0.3, 0.4) is 0 Å². The van der Waals surface area contributed by atoms with Crippen molar-refractivity contribution in [2.24, 2.45) is 0 Å². The number of hydrogen-bond donors (Lipinski definition) is 0. The molecule has 0 aromatic carbocycles. The molecular weight excluding hydrogens is 304 g/mol. The van der Waals surface area contributed by atoms with Crippen molar-refractivity contribution in [2.45, 2.75) is 38.2 Å². The number of aromatic nitrogens is 1. The summed E-state index contributed by atoms with van der Waals surface area (Å²) in [6, 6.07) is 0.250. The summed E-state index contributed by atoms with van der Waals surface area (Å²) in [7, 11) is -2.87. The molecule has 4 nitrogen and oxygen atoms in total. The molecule has 7 heteroatoms. The lowest BCUT2D eigenvalue weighted by Gasteiger charge is -2.38. The van der Waals surface area contributed by atoms with Crippen molar-refractivity contribution < 1.29 is 8.42 Å². The van der Waals surface area contributed by atoms with Gasteiger partial charge in [-0.3, -0.25) is 4.90 Å². The van der Waals surface area contributed by atoms with Gasteiger partial charge in [-0.25, -0.2) is 13.4 Å². The molecule has 0 spiro atoms. The van der Waals surface area contributed by atoms with Gasteiger partial charge in [0.25, 0.3) is 0 Å². The van der Waals surface area contributed by atoms with Gasteiger partial charge in [-0.05, 0) is 13.3 Å². The van der Waals surface area contributed by atoms with Gasteiger partial charge in [0.15, 0.2) is 9.84 Å². The van der Waals surface area contributed by atoms with Crippen LogP contribution in [-0.4, -0.2) is 42.4 Å². The summed E-state index contributed by atoms with van der Waals surface area (Å²) in [6.45, 7) is 4.69. The smallest absolute Gasteiger partial charge is 0.153 e. The zero-order valence-corrected chi connectivity index (χ0v) is 13.6. The lowest BCUT2D eigenvalue weighted by Crippen LogP contribution is -2.48. The van der Waals surface area contributed by atoms with E-state index in [0.29, 0.717) is 12.4 Å². The summed E-state index contributed by atoms with van der Waals surface area (Å²) >= 11 is 7.41. The summed E-state index contributed by atoms with van der Waals surface area (Å²) in [5, 5.41) is 3.03. The molecule has 1 aliphatic heterocycles. The third kappa shape index (κ3) is 3.48. The largest absolute Gasteiger partial charge is 0.289 e. The minimum Gasteiger partial charge on any atom is -0.289 e. The SMILES string of the molecule is CCC(c1nc(CCl)cs1)N1CCS(=O)(=O)CC1C. The molecule has 1 aromatic rings. The number of rotatable bonds is 4. The van der Waals surface area contributed by atoms with Crippen LogP contribution >= 0.6 is 22.9 Å². The molecule has 1 aliphatic rings. The molecule has 1 fully saturated rings. The molecule has 2 unspecified atom stereocenters. The molecule has 1 aromatic heterocycles. The fraction of sp³-hybridized carbons (Fsp3) is 0.750. The predicted octanol–water partition coefficient (Wildman–Crippen LogP) is 2.45. The van der Waals surface area contributed by atoms with Gasteiger partial charge >= 0.3 is 0 Å². The second kappa shape index (κ2) is 6.08. The Morgan fingerprint density at radius 2 is 2.37 bits per heavy atom. The van der Waals surface area contributed by atoms with E-state index in [2.05, 4.69) is 16.8 Å². The van der Waals surface area contributed by atoms with Crippen LogP contribution in [0.25, 0.3) is 0 Å². The van der Waals surface area contributed by atoms with Crippen LogP contribution in [-0.2, 0) is 15.7 Å². The van der Waals surface area contributed by atoms with Crippen molar-refractivity contribution in [3.8, 4) is 0 Å². The maximum absolute atomic E-state index is 11.6. The van der Waals surface area contributed by atoms with Gasteiger partial charge < -0.3 is 0 Å². The van der Waals surface area contributed by atoms with Crippen molar-refractivity contribution >= 4 is 32.8 Å². The van der Waals surface area contributed by atoms with Gasteiger partial charge in [0.1, 0.15) is 5.01 Å². The molecular formula is C12H19ClN2O2S2. The van der Waals surface area contributed by atoms with Crippen LogP contribution in [0, 0.1) is 0 Å². The second-order valence-electron chi connectivity index (χ2n) is 4.94. The molecule has 0 saturated carbocycles. The Bertz CT molecular complexity index is 530. The number of alkyl halides is 1. The third-order valence-electron chi connectivity index (χ3n) is 3.50.